The highest BCUT2D eigenvalue weighted by Gasteiger charge is 2.24. The molecule has 1 N–H and O–H groups in total. The highest BCUT2D eigenvalue weighted by atomic mass is 16.5. The van der Waals surface area contributed by atoms with Gasteiger partial charge in [0.2, 0.25) is 0 Å². The Labute approximate surface area is 173 Å². The summed E-state index contributed by atoms with van der Waals surface area (Å²) in [5.74, 6) is 1.53. The molecule has 0 unspecified atom stereocenters. The smallest absolute Gasteiger partial charge is 0.251 e. The van der Waals surface area contributed by atoms with Gasteiger partial charge in [-0.2, -0.15) is 0 Å². The summed E-state index contributed by atoms with van der Waals surface area (Å²) in [6, 6.07) is 18.8. The molecule has 0 bridgehead atoms. The fraction of sp³-hybridized carbons (Fsp3) is 0.375. The largest absolute Gasteiger partial charge is 0.461 e. The van der Waals surface area contributed by atoms with Crippen LogP contribution in [0.3, 0.4) is 0 Å². The van der Waals surface area contributed by atoms with E-state index in [0.717, 1.165) is 43.1 Å². The lowest BCUT2D eigenvalue weighted by atomic mass is 10.00. The molecule has 29 heavy (non-hydrogen) atoms. The lowest BCUT2D eigenvalue weighted by molar-refractivity contribution is -0.118. The van der Waals surface area contributed by atoms with Crippen LogP contribution in [-0.2, 0) is 11.2 Å². The van der Waals surface area contributed by atoms with Crippen LogP contribution >= 0.6 is 0 Å². The minimum Gasteiger partial charge on any atom is -0.461 e. The Bertz CT molecular complexity index is 886. The van der Waals surface area contributed by atoms with E-state index in [4.69, 9.17) is 4.74 Å². The zero-order chi connectivity index (χ0) is 20.2. The minimum atomic E-state index is -0.0215. The number of piperazine rings is 1. The first-order chi connectivity index (χ1) is 14.1. The van der Waals surface area contributed by atoms with Gasteiger partial charge in [0.15, 0.2) is 0 Å². The molecule has 2 aliphatic rings. The summed E-state index contributed by atoms with van der Waals surface area (Å²) in [6.45, 7) is 8.73. The monoisotopic (exact) mass is 391 g/mol. The van der Waals surface area contributed by atoms with Crippen LogP contribution in [0.5, 0.6) is 5.75 Å². The topological polar surface area (TPSA) is 44.8 Å². The minimum absolute atomic E-state index is 0.0215. The first-order valence-electron chi connectivity index (χ1n) is 10.4. The van der Waals surface area contributed by atoms with Crippen molar-refractivity contribution in [3.8, 4) is 5.75 Å². The van der Waals surface area contributed by atoms with Crippen molar-refractivity contribution in [2.45, 2.75) is 26.3 Å². The summed E-state index contributed by atoms with van der Waals surface area (Å²) in [6.07, 6.45) is 0.623. The maximum atomic E-state index is 12.8. The van der Waals surface area contributed by atoms with Gasteiger partial charge in [-0.05, 0) is 37.6 Å². The normalized spacial score (nSPS) is 18.1. The lowest BCUT2D eigenvalue weighted by Crippen LogP contribution is -2.52. The fourth-order valence-corrected chi connectivity index (χ4v) is 4.07. The molecule has 152 valence electrons. The Morgan fingerprint density at radius 2 is 1.72 bits per heavy atom. The number of nitrogens with zero attached hydrogens (tertiary/aromatic N) is 2. The molecule has 5 heteroatoms. The standard InChI is InChI=1S/C24H29N3O2/c1-18(26-12-14-27(15-13-26)21-9-4-3-5-10-21)17-25-24(28)22-16-20-8-6-7-11-23(20)29-19(22)2/h3-11,18H,12-17H2,1-2H3,(H,25,28)/t18-/m1/s1. The second-order valence-corrected chi connectivity index (χ2v) is 7.84. The Morgan fingerprint density at radius 1 is 1.03 bits per heavy atom. The third kappa shape index (κ3) is 4.46. The van der Waals surface area contributed by atoms with E-state index in [2.05, 4.69) is 52.4 Å². The van der Waals surface area contributed by atoms with E-state index in [1.165, 1.54) is 5.69 Å². The van der Waals surface area contributed by atoms with Crippen molar-refractivity contribution in [3.05, 3.63) is 71.5 Å². The number of benzene rings is 2. The molecule has 0 saturated carbocycles. The van der Waals surface area contributed by atoms with E-state index in [0.29, 0.717) is 24.8 Å². The van der Waals surface area contributed by atoms with Crippen molar-refractivity contribution in [1.82, 2.24) is 10.2 Å². The van der Waals surface area contributed by atoms with Crippen molar-refractivity contribution in [2.75, 3.05) is 37.6 Å². The molecular weight excluding hydrogens is 362 g/mol. The second-order valence-electron chi connectivity index (χ2n) is 7.84. The average Bonchev–Trinajstić information content (AvgIpc) is 2.77. The predicted molar refractivity (Wildman–Crippen MR) is 116 cm³/mol. The molecule has 1 amide bonds. The van der Waals surface area contributed by atoms with Crippen molar-refractivity contribution in [3.63, 3.8) is 0 Å². The predicted octanol–water partition coefficient (Wildman–Crippen LogP) is 3.22. The summed E-state index contributed by atoms with van der Waals surface area (Å²) in [5.41, 5.74) is 3.08. The number of anilines is 1. The molecule has 2 aromatic rings. The third-order valence-electron chi connectivity index (χ3n) is 5.92. The van der Waals surface area contributed by atoms with E-state index in [1.54, 1.807) is 0 Å². The number of carbonyl (C=O) groups excluding carboxylic acids is 1. The number of hydrogen-bond donors (Lipinski definition) is 1. The van der Waals surface area contributed by atoms with Crippen LogP contribution in [0.25, 0.3) is 0 Å². The van der Waals surface area contributed by atoms with Gasteiger partial charge in [0.25, 0.3) is 5.91 Å². The quantitative estimate of drug-likeness (QED) is 0.850. The summed E-state index contributed by atoms with van der Waals surface area (Å²) < 4.78 is 5.85. The van der Waals surface area contributed by atoms with Crippen molar-refractivity contribution < 1.29 is 9.53 Å². The molecule has 1 atom stereocenters. The maximum absolute atomic E-state index is 12.8. The number of para-hydroxylation sites is 2. The van der Waals surface area contributed by atoms with Gasteiger partial charge >= 0.3 is 0 Å². The molecule has 4 rings (SSSR count). The van der Waals surface area contributed by atoms with Gasteiger partial charge in [-0.25, -0.2) is 0 Å². The lowest BCUT2D eigenvalue weighted by Gasteiger charge is -2.39. The van der Waals surface area contributed by atoms with E-state index >= 15 is 0 Å². The van der Waals surface area contributed by atoms with Crippen LogP contribution in [-0.4, -0.2) is 49.6 Å². The maximum Gasteiger partial charge on any atom is 0.251 e. The molecule has 0 aromatic heterocycles. The zero-order valence-electron chi connectivity index (χ0n) is 17.2. The summed E-state index contributed by atoms with van der Waals surface area (Å²) in [7, 11) is 0. The van der Waals surface area contributed by atoms with E-state index in [-0.39, 0.29) is 5.91 Å². The van der Waals surface area contributed by atoms with Gasteiger partial charge in [-0.3, -0.25) is 9.69 Å². The highest BCUT2D eigenvalue weighted by Crippen LogP contribution is 2.29. The summed E-state index contributed by atoms with van der Waals surface area (Å²) >= 11 is 0. The number of amides is 1. The number of hydrogen-bond acceptors (Lipinski definition) is 4. The number of ether oxygens (including phenoxy) is 1. The van der Waals surface area contributed by atoms with Crippen molar-refractivity contribution in [2.24, 2.45) is 0 Å². The first-order valence-corrected chi connectivity index (χ1v) is 10.4. The number of fused-ring (bicyclic) bond motifs is 1. The van der Waals surface area contributed by atoms with Crippen LogP contribution in [0.1, 0.15) is 19.4 Å². The molecule has 0 aliphatic carbocycles. The van der Waals surface area contributed by atoms with E-state index < -0.39 is 0 Å². The third-order valence-corrected chi connectivity index (χ3v) is 5.92. The molecule has 1 fully saturated rings. The Morgan fingerprint density at radius 3 is 2.48 bits per heavy atom. The van der Waals surface area contributed by atoms with Crippen molar-refractivity contribution in [1.29, 1.82) is 0 Å². The van der Waals surface area contributed by atoms with Gasteiger partial charge in [-0.1, -0.05) is 36.4 Å². The number of rotatable bonds is 5. The summed E-state index contributed by atoms with van der Waals surface area (Å²) in [4.78, 5) is 17.6. The fourth-order valence-electron chi connectivity index (χ4n) is 4.07. The average molecular weight is 392 g/mol. The molecule has 5 nitrogen and oxygen atoms in total. The van der Waals surface area contributed by atoms with Crippen LogP contribution < -0.4 is 15.0 Å². The molecule has 2 aliphatic heterocycles. The van der Waals surface area contributed by atoms with Gasteiger partial charge < -0.3 is 15.0 Å². The van der Waals surface area contributed by atoms with Crippen molar-refractivity contribution >= 4 is 11.6 Å². The molecule has 2 aromatic carbocycles. The molecule has 1 saturated heterocycles. The Hall–Kier alpha value is -2.79. The van der Waals surface area contributed by atoms with Crippen LogP contribution in [0.4, 0.5) is 5.69 Å². The first kappa shape index (κ1) is 19.5. The second kappa shape index (κ2) is 8.70. The zero-order valence-corrected chi connectivity index (χ0v) is 17.2. The van der Waals surface area contributed by atoms with E-state index in [1.807, 2.05) is 31.2 Å². The summed E-state index contributed by atoms with van der Waals surface area (Å²) in [5, 5.41) is 3.12. The molecule has 0 radical (unpaired) electrons. The van der Waals surface area contributed by atoms with Crippen LogP contribution in [0.2, 0.25) is 0 Å². The highest BCUT2D eigenvalue weighted by molar-refractivity contribution is 5.94. The van der Waals surface area contributed by atoms with Gasteiger partial charge in [0, 0.05) is 50.9 Å². The molecular formula is C24H29N3O2. The number of nitrogens with one attached hydrogen (secondary N) is 1. The van der Waals surface area contributed by atoms with Gasteiger partial charge in [0.1, 0.15) is 11.5 Å². The van der Waals surface area contributed by atoms with E-state index in [9.17, 15) is 4.79 Å². The van der Waals surface area contributed by atoms with Crippen LogP contribution in [0.15, 0.2) is 65.9 Å². The number of carbonyl (C=O) groups is 1. The Kier molecular flexibility index (Phi) is 5.86. The number of allylic oxidation sites excluding steroid dienone is 1. The van der Waals surface area contributed by atoms with Gasteiger partial charge in [0.05, 0.1) is 5.57 Å². The van der Waals surface area contributed by atoms with Crippen LogP contribution in [0, 0.1) is 0 Å². The Balaban J connectivity index is 1.28. The molecule has 0 spiro atoms. The molecule has 2 heterocycles. The van der Waals surface area contributed by atoms with Gasteiger partial charge in [-0.15, -0.1) is 0 Å². The SMILES string of the molecule is CC1=C(C(=O)NC[C@@H](C)N2CCN(c3ccccc3)CC2)Cc2ccccc2O1.